The summed E-state index contributed by atoms with van der Waals surface area (Å²) in [4.78, 5) is 12.2. The highest BCUT2D eigenvalue weighted by atomic mass is 16.5. The second-order valence-electron chi connectivity index (χ2n) is 6.19. The van der Waals surface area contributed by atoms with Crippen molar-refractivity contribution in [2.24, 2.45) is 11.7 Å². The lowest BCUT2D eigenvalue weighted by molar-refractivity contribution is 0.0942. The lowest BCUT2D eigenvalue weighted by atomic mass is 9.86. The first-order valence-electron chi connectivity index (χ1n) is 7.85. The second-order valence-corrected chi connectivity index (χ2v) is 6.19. The van der Waals surface area contributed by atoms with Crippen LogP contribution in [0, 0.1) is 5.92 Å². The smallest absolute Gasteiger partial charge is 0.251 e. The van der Waals surface area contributed by atoms with Crippen LogP contribution in [0.3, 0.4) is 0 Å². The van der Waals surface area contributed by atoms with Crippen LogP contribution in [0.5, 0.6) is 5.75 Å². The van der Waals surface area contributed by atoms with Crippen molar-refractivity contribution in [1.82, 2.24) is 5.32 Å². The first-order chi connectivity index (χ1) is 10.0. The molecule has 0 aliphatic heterocycles. The van der Waals surface area contributed by atoms with Crippen molar-refractivity contribution >= 4 is 5.91 Å². The van der Waals surface area contributed by atoms with Crippen LogP contribution in [0.4, 0.5) is 0 Å². The average Bonchev–Trinajstić information content (AvgIpc) is 2.46. The van der Waals surface area contributed by atoms with Gasteiger partial charge in [0.05, 0.1) is 6.10 Å². The van der Waals surface area contributed by atoms with Crippen LogP contribution < -0.4 is 15.8 Å². The molecule has 1 aliphatic carbocycles. The highest BCUT2D eigenvalue weighted by Gasteiger charge is 2.19. The Hall–Kier alpha value is -1.55. The number of hydrogen-bond donors (Lipinski definition) is 2. The Morgan fingerprint density at radius 3 is 2.71 bits per heavy atom. The maximum atomic E-state index is 12.2. The highest BCUT2D eigenvalue weighted by molar-refractivity contribution is 5.94. The maximum Gasteiger partial charge on any atom is 0.251 e. The van der Waals surface area contributed by atoms with Gasteiger partial charge in [0.15, 0.2) is 0 Å². The molecule has 1 fully saturated rings. The lowest BCUT2D eigenvalue weighted by Crippen LogP contribution is -2.34. The molecule has 4 heteroatoms. The largest absolute Gasteiger partial charge is 0.491 e. The van der Waals surface area contributed by atoms with Gasteiger partial charge in [-0.15, -0.1) is 0 Å². The molecule has 0 saturated heterocycles. The number of benzene rings is 1. The van der Waals surface area contributed by atoms with Crippen molar-refractivity contribution < 1.29 is 9.53 Å². The third kappa shape index (κ3) is 5.05. The lowest BCUT2D eigenvalue weighted by Gasteiger charge is -2.26. The maximum absolute atomic E-state index is 12.2. The number of amides is 1. The summed E-state index contributed by atoms with van der Waals surface area (Å²) >= 11 is 0. The summed E-state index contributed by atoms with van der Waals surface area (Å²) in [7, 11) is 0. The van der Waals surface area contributed by atoms with Crippen LogP contribution in [0.2, 0.25) is 0 Å². The fraction of sp³-hybridized carbons (Fsp3) is 0.588. The molecule has 1 aromatic carbocycles. The highest BCUT2D eigenvalue weighted by Crippen LogP contribution is 2.22. The van der Waals surface area contributed by atoms with Gasteiger partial charge in [-0.25, -0.2) is 0 Å². The molecule has 0 heterocycles. The molecule has 3 N–H and O–H groups in total. The van der Waals surface area contributed by atoms with Crippen LogP contribution in [-0.2, 0) is 0 Å². The molecule has 1 aliphatic rings. The number of carbonyl (C=O) groups excluding carboxylic acids is 1. The minimum Gasteiger partial charge on any atom is -0.491 e. The Labute approximate surface area is 127 Å². The molecule has 0 spiro atoms. The van der Waals surface area contributed by atoms with E-state index in [9.17, 15) is 4.79 Å². The van der Waals surface area contributed by atoms with Crippen molar-refractivity contribution in [3.05, 3.63) is 29.8 Å². The summed E-state index contributed by atoms with van der Waals surface area (Å²) in [6.07, 6.45) is 4.46. The van der Waals surface area contributed by atoms with Gasteiger partial charge in [0, 0.05) is 18.2 Å². The van der Waals surface area contributed by atoms with Gasteiger partial charge in [-0.05, 0) is 63.6 Å². The number of carbonyl (C=O) groups is 1. The summed E-state index contributed by atoms with van der Waals surface area (Å²) in [5.41, 5.74) is 6.55. The molecular weight excluding hydrogens is 264 g/mol. The topological polar surface area (TPSA) is 64.3 Å². The number of ether oxygens (including phenoxy) is 1. The molecular formula is C17H26N2O2. The molecule has 0 atom stereocenters. The van der Waals surface area contributed by atoms with E-state index in [2.05, 4.69) is 5.32 Å². The van der Waals surface area contributed by atoms with E-state index < -0.39 is 0 Å². The van der Waals surface area contributed by atoms with Gasteiger partial charge in [0.2, 0.25) is 0 Å². The van der Waals surface area contributed by atoms with Crippen molar-refractivity contribution in [1.29, 1.82) is 0 Å². The van der Waals surface area contributed by atoms with E-state index in [0.29, 0.717) is 17.5 Å². The predicted octanol–water partition coefficient (Wildman–Crippen LogP) is 2.72. The monoisotopic (exact) mass is 290 g/mol. The molecule has 1 aromatic rings. The molecule has 0 bridgehead atoms. The number of rotatable bonds is 5. The molecule has 0 radical (unpaired) electrons. The van der Waals surface area contributed by atoms with Crippen molar-refractivity contribution in [2.75, 3.05) is 6.54 Å². The Morgan fingerprint density at radius 1 is 1.33 bits per heavy atom. The summed E-state index contributed by atoms with van der Waals surface area (Å²) in [6.45, 7) is 4.68. The fourth-order valence-corrected chi connectivity index (χ4v) is 2.71. The van der Waals surface area contributed by atoms with Crippen LogP contribution in [0.1, 0.15) is 49.9 Å². The second kappa shape index (κ2) is 7.46. The Balaban J connectivity index is 1.85. The fourth-order valence-electron chi connectivity index (χ4n) is 2.71. The van der Waals surface area contributed by atoms with Crippen molar-refractivity contribution in [3.63, 3.8) is 0 Å². The summed E-state index contributed by atoms with van der Waals surface area (Å²) in [5.74, 6) is 1.27. The summed E-state index contributed by atoms with van der Waals surface area (Å²) in [5, 5.41) is 3.03. The zero-order valence-corrected chi connectivity index (χ0v) is 13.0. The summed E-state index contributed by atoms with van der Waals surface area (Å²) < 4.78 is 5.62. The Morgan fingerprint density at radius 2 is 2.05 bits per heavy atom. The third-order valence-corrected chi connectivity index (χ3v) is 3.91. The van der Waals surface area contributed by atoms with E-state index in [1.165, 1.54) is 0 Å². The molecule has 0 aromatic heterocycles. The van der Waals surface area contributed by atoms with Crippen LogP contribution in [-0.4, -0.2) is 24.6 Å². The number of nitrogens with one attached hydrogen (secondary N) is 1. The average molecular weight is 290 g/mol. The zero-order chi connectivity index (χ0) is 15.2. The quantitative estimate of drug-likeness (QED) is 0.876. The van der Waals surface area contributed by atoms with Gasteiger partial charge in [0.25, 0.3) is 5.91 Å². The first-order valence-corrected chi connectivity index (χ1v) is 7.85. The van der Waals surface area contributed by atoms with Gasteiger partial charge < -0.3 is 15.8 Å². The Kier molecular flexibility index (Phi) is 5.62. The van der Waals surface area contributed by atoms with E-state index in [1.807, 2.05) is 32.0 Å². The SMILES string of the molecule is CC(C)Oc1cccc(C(=O)NCC2CCC(N)CC2)c1. The molecule has 2 rings (SSSR count). The molecule has 1 amide bonds. The van der Waals surface area contributed by atoms with E-state index in [4.69, 9.17) is 10.5 Å². The van der Waals surface area contributed by atoms with E-state index in [-0.39, 0.29) is 12.0 Å². The number of nitrogens with two attached hydrogens (primary N) is 1. The van der Waals surface area contributed by atoms with E-state index in [0.717, 1.165) is 38.0 Å². The predicted molar refractivity (Wildman–Crippen MR) is 84.5 cm³/mol. The normalized spacial score (nSPS) is 22.1. The standard InChI is InChI=1S/C17H26N2O2/c1-12(2)21-16-5-3-4-14(10-16)17(20)19-11-13-6-8-15(18)9-7-13/h3-5,10,12-13,15H,6-9,11,18H2,1-2H3,(H,19,20). The van der Waals surface area contributed by atoms with Gasteiger partial charge in [0.1, 0.15) is 5.75 Å². The molecule has 4 nitrogen and oxygen atoms in total. The van der Waals surface area contributed by atoms with Gasteiger partial charge in [-0.1, -0.05) is 6.07 Å². The van der Waals surface area contributed by atoms with Crippen molar-refractivity contribution in [3.8, 4) is 5.75 Å². The molecule has 1 saturated carbocycles. The zero-order valence-electron chi connectivity index (χ0n) is 13.0. The first kappa shape index (κ1) is 15.8. The minimum absolute atomic E-state index is 0.0286. The van der Waals surface area contributed by atoms with E-state index in [1.54, 1.807) is 6.07 Å². The van der Waals surface area contributed by atoms with Gasteiger partial charge >= 0.3 is 0 Å². The molecule has 116 valence electrons. The van der Waals surface area contributed by atoms with Crippen molar-refractivity contribution in [2.45, 2.75) is 51.7 Å². The third-order valence-electron chi connectivity index (χ3n) is 3.91. The Bertz CT molecular complexity index is 466. The summed E-state index contributed by atoms with van der Waals surface area (Å²) in [6, 6.07) is 7.69. The minimum atomic E-state index is -0.0286. The van der Waals surface area contributed by atoms with Crippen LogP contribution >= 0.6 is 0 Å². The molecule has 21 heavy (non-hydrogen) atoms. The van der Waals surface area contributed by atoms with Gasteiger partial charge in [-0.2, -0.15) is 0 Å². The van der Waals surface area contributed by atoms with Crippen LogP contribution in [0.15, 0.2) is 24.3 Å². The van der Waals surface area contributed by atoms with Gasteiger partial charge in [-0.3, -0.25) is 4.79 Å². The van der Waals surface area contributed by atoms with Crippen LogP contribution in [0.25, 0.3) is 0 Å². The van der Waals surface area contributed by atoms with E-state index >= 15 is 0 Å². The number of hydrogen-bond acceptors (Lipinski definition) is 3. The molecule has 0 unspecified atom stereocenters.